The van der Waals surface area contributed by atoms with Crippen molar-refractivity contribution in [3.8, 4) is 5.75 Å². The van der Waals surface area contributed by atoms with Gasteiger partial charge in [0.2, 0.25) is 0 Å². The zero-order chi connectivity index (χ0) is 18.5. The summed E-state index contributed by atoms with van der Waals surface area (Å²) in [5.74, 6) is 0.660. The van der Waals surface area contributed by atoms with E-state index in [-0.39, 0.29) is 5.11 Å². The zero-order valence-electron chi connectivity index (χ0n) is 14.3. The zero-order valence-corrected chi connectivity index (χ0v) is 15.1. The number of hydrogen-bond acceptors (Lipinski definition) is 5. The van der Waals surface area contributed by atoms with E-state index in [2.05, 4.69) is 15.8 Å². The van der Waals surface area contributed by atoms with Crippen molar-refractivity contribution in [3.05, 3.63) is 70.6 Å². The molecule has 0 saturated heterocycles. The van der Waals surface area contributed by atoms with Crippen LogP contribution in [0.15, 0.2) is 68.9 Å². The Hall–Kier alpha value is -3.19. The van der Waals surface area contributed by atoms with Crippen LogP contribution in [0.5, 0.6) is 5.75 Å². The smallest absolute Gasteiger partial charge is 0.345 e. The van der Waals surface area contributed by atoms with Crippen molar-refractivity contribution in [2.75, 3.05) is 12.4 Å². The van der Waals surface area contributed by atoms with Crippen molar-refractivity contribution in [1.82, 2.24) is 5.43 Å². The third-order valence-corrected chi connectivity index (χ3v) is 3.90. The minimum atomic E-state index is -0.449. The van der Waals surface area contributed by atoms with Crippen molar-refractivity contribution in [2.45, 2.75) is 6.92 Å². The lowest BCUT2D eigenvalue weighted by molar-refractivity contribution is 0.417. The molecule has 1 heterocycles. The van der Waals surface area contributed by atoms with Crippen molar-refractivity contribution in [2.24, 2.45) is 5.10 Å². The predicted molar refractivity (Wildman–Crippen MR) is 107 cm³/mol. The molecule has 0 aliphatic rings. The normalized spacial score (nSPS) is 11.2. The first-order chi connectivity index (χ1) is 12.6. The van der Waals surface area contributed by atoms with Gasteiger partial charge in [-0.25, -0.2) is 4.79 Å². The van der Waals surface area contributed by atoms with Crippen molar-refractivity contribution in [3.63, 3.8) is 0 Å². The molecule has 3 aromatic rings. The topological polar surface area (TPSA) is 75.9 Å². The van der Waals surface area contributed by atoms with Crippen LogP contribution < -0.4 is 21.1 Å². The minimum absolute atomic E-state index is 0.277. The summed E-state index contributed by atoms with van der Waals surface area (Å²) in [6, 6.07) is 16.4. The van der Waals surface area contributed by atoms with Crippen LogP contribution in [0.2, 0.25) is 0 Å². The fraction of sp³-hybridized carbons (Fsp3) is 0.105. The summed E-state index contributed by atoms with van der Waals surface area (Å²) in [6.07, 6.45) is 0. The van der Waals surface area contributed by atoms with Gasteiger partial charge in [0.1, 0.15) is 11.3 Å². The number of nitrogens with zero attached hydrogens (tertiary/aromatic N) is 1. The first kappa shape index (κ1) is 17.6. The largest absolute Gasteiger partial charge is 0.495 e. The average Bonchev–Trinajstić information content (AvgIpc) is 2.66. The van der Waals surface area contributed by atoms with Gasteiger partial charge >= 0.3 is 5.63 Å². The van der Waals surface area contributed by atoms with Crippen LogP contribution in [-0.4, -0.2) is 17.9 Å². The van der Waals surface area contributed by atoms with E-state index in [9.17, 15) is 4.79 Å². The maximum Gasteiger partial charge on any atom is 0.345 e. The Bertz CT molecular complexity index is 1040. The van der Waals surface area contributed by atoms with E-state index in [4.69, 9.17) is 21.4 Å². The fourth-order valence-electron chi connectivity index (χ4n) is 2.41. The van der Waals surface area contributed by atoms with E-state index in [1.165, 1.54) is 0 Å². The summed E-state index contributed by atoms with van der Waals surface area (Å²) in [5, 5.41) is 8.28. The molecule has 26 heavy (non-hydrogen) atoms. The van der Waals surface area contributed by atoms with E-state index in [0.29, 0.717) is 28.3 Å². The van der Waals surface area contributed by atoms with Gasteiger partial charge in [0.15, 0.2) is 5.11 Å². The fourth-order valence-corrected chi connectivity index (χ4v) is 2.56. The number of hydrogen-bond donors (Lipinski definition) is 2. The third-order valence-electron chi connectivity index (χ3n) is 3.71. The maximum absolute atomic E-state index is 12.2. The van der Waals surface area contributed by atoms with Crippen molar-refractivity contribution < 1.29 is 9.15 Å². The number of ether oxygens (including phenoxy) is 1. The molecule has 0 amide bonds. The lowest BCUT2D eigenvalue weighted by Crippen LogP contribution is -2.26. The molecule has 3 rings (SSSR count). The van der Waals surface area contributed by atoms with Crippen LogP contribution in [0.1, 0.15) is 12.5 Å². The molecule has 6 nitrogen and oxygen atoms in total. The van der Waals surface area contributed by atoms with Gasteiger partial charge < -0.3 is 14.5 Å². The molecule has 0 unspecified atom stereocenters. The molecule has 0 saturated carbocycles. The van der Waals surface area contributed by atoms with Crippen LogP contribution in [-0.2, 0) is 0 Å². The molecule has 0 aliphatic carbocycles. The number of rotatable bonds is 4. The molecule has 0 atom stereocenters. The van der Waals surface area contributed by atoms with E-state index >= 15 is 0 Å². The van der Waals surface area contributed by atoms with E-state index in [1.54, 1.807) is 26.2 Å². The summed E-state index contributed by atoms with van der Waals surface area (Å²) >= 11 is 5.24. The van der Waals surface area contributed by atoms with Gasteiger partial charge in [0.25, 0.3) is 0 Å². The molecule has 7 heteroatoms. The van der Waals surface area contributed by atoms with Gasteiger partial charge in [-0.2, -0.15) is 5.10 Å². The Morgan fingerprint density at radius 1 is 1.15 bits per heavy atom. The lowest BCUT2D eigenvalue weighted by atomic mass is 10.1. The highest BCUT2D eigenvalue weighted by Gasteiger charge is 2.09. The van der Waals surface area contributed by atoms with Crippen LogP contribution in [0, 0.1) is 0 Å². The highest BCUT2D eigenvalue weighted by atomic mass is 32.1. The third kappa shape index (κ3) is 3.89. The second-order valence-electron chi connectivity index (χ2n) is 5.45. The standard InChI is InChI=1S/C19H17N3O3S/c1-12(14-11-13-7-3-5-9-16(13)25-18(14)23)21-22-19(26)20-15-8-4-6-10-17(15)24-2/h3-11H,1-2H3,(H2,20,22,26)/b21-12-. The van der Waals surface area contributed by atoms with Gasteiger partial charge in [-0.1, -0.05) is 30.3 Å². The molecular weight excluding hydrogens is 350 g/mol. The number of para-hydroxylation sites is 3. The molecule has 2 N–H and O–H groups in total. The number of thiocarbonyl (C=S) groups is 1. The number of nitrogens with one attached hydrogen (secondary N) is 2. The predicted octanol–water partition coefficient (Wildman–Crippen LogP) is 3.51. The van der Waals surface area contributed by atoms with Gasteiger partial charge in [-0.15, -0.1) is 0 Å². The first-order valence-corrected chi connectivity index (χ1v) is 8.27. The Morgan fingerprint density at radius 3 is 2.69 bits per heavy atom. The minimum Gasteiger partial charge on any atom is -0.495 e. The highest BCUT2D eigenvalue weighted by molar-refractivity contribution is 7.80. The molecule has 132 valence electrons. The highest BCUT2D eigenvalue weighted by Crippen LogP contribution is 2.22. The molecule has 2 aromatic carbocycles. The Kier molecular flexibility index (Phi) is 5.28. The molecular formula is C19H17N3O3S. The first-order valence-electron chi connectivity index (χ1n) is 7.86. The Morgan fingerprint density at radius 2 is 1.88 bits per heavy atom. The summed E-state index contributed by atoms with van der Waals surface area (Å²) in [6.45, 7) is 1.71. The molecule has 0 aliphatic heterocycles. The van der Waals surface area contributed by atoms with Gasteiger partial charge in [0.05, 0.1) is 24.1 Å². The lowest BCUT2D eigenvalue weighted by Gasteiger charge is -2.11. The van der Waals surface area contributed by atoms with Gasteiger partial charge in [-0.3, -0.25) is 5.43 Å². The van der Waals surface area contributed by atoms with Crippen LogP contribution in [0.25, 0.3) is 11.0 Å². The maximum atomic E-state index is 12.2. The van der Waals surface area contributed by atoms with Gasteiger partial charge in [-0.05, 0) is 43.4 Å². The number of hydrazone groups is 1. The van der Waals surface area contributed by atoms with Gasteiger partial charge in [0, 0.05) is 5.39 Å². The van der Waals surface area contributed by atoms with Crippen LogP contribution in [0.4, 0.5) is 5.69 Å². The van der Waals surface area contributed by atoms with Crippen molar-refractivity contribution >= 4 is 39.7 Å². The number of methoxy groups -OCH3 is 1. The Balaban J connectivity index is 1.77. The average molecular weight is 367 g/mol. The van der Waals surface area contributed by atoms with E-state index in [0.717, 1.165) is 5.39 Å². The van der Waals surface area contributed by atoms with E-state index in [1.807, 2.05) is 42.5 Å². The molecule has 0 bridgehead atoms. The summed E-state index contributed by atoms with van der Waals surface area (Å²) in [7, 11) is 1.58. The monoisotopic (exact) mass is 367 g/mol. The summed E-state index contributed by atoms with van der Waals surface area (Å²) in [5.41, 5.74) is 4.37. The van der Waals surface area contributed by atoms with Crippen LogP contribution in [0.3, 0.4) is 0 Å². The number of fused-ring (bicyclic) bond motifs is 1. The van der Waals surface area contributed by atoms with Crippen LogP contribution >= 0.6 is 12.2 Å². The molecule has 0 radical (unpaired) electrons. The van der Waals surface area contributed by atoms with E-state index < -0.39 is 5.63 Å². The summed E-state index contributed by atoms with van der Waals surface area (Å²) < 4.78 is 10.6. The Labute approximate surface area is 155 Å². The molecule has 0 fully saturated rings. The number of anilines is 1. The number of benzene rings is 2. The quantitative estimate of drug-likeness (QED) is 0.318. The second-order valence-corrected chi connectivity index (χ2v) is 5.86. The molecule has 1 aromatic heterocycles. The second kappa shape index (κ2) is 7.79. The molecule has 0 spiro atoms. The SMILES string of the molecule is COc1ccccc1NC(=S)N/N=C(/C)c1cc2ccccc2oc1=O. The summed E-state index contributed by atoms with van der Waals surface area (Å²) in [4.78, 5) is 12.2. The van der Waals surface area contributed by atoms with Crippen molar-refractivity contribution in [1.29, 1.82) is 0 Å².